The largest absolute Gasteiger partial charge is 0.352 e. The predicted molar refractivity (Wildman–Crippen MR) is 127 cm³/mol. The molecule has 0 spiro atoms. The number of halogens is 2. The van der Waals surface area contributed by atoms with Crippen LogP contribution in [0.15, 0.2) is 53.5 Å². The second-order valence-electron chi connectivity index (χ2n) is 6.84. The van der Waals surface area contributed by atoms with E-state index in [0.717, 1.165) is 16.8 Å². The molecule has 0 bridgehead atoms. The van der Waals surface area contributed by atoms with Crippen LogP contribution in [0.5, 0.6) is 0 Å². The first-order valence-electron chi connectivity index (χ1n) is 9.20. The highest BCUT2D eigenvalue weighted by molar-refractivity contribution is 14.0. The van der Waals surface area contributed by atoms with Crippen LogP contribution >= 0.6 is 24.0 Å². The van der Waals surface area contributed by atoms with Crippen LogP contribution in [0.4, 0.5) is 14.9 Å². The Labute approximate surface area is 189 Å². The van der Waals surface area contributed by atoms with Crippen molar-refractivity contribution in [1.29, 1.82) is 0 Å². The van der Waals surface area contributed by atoms with Crippen LogP contribution in [-0.2, 0) is 13.1 Å². The van der Waals surface area contributed by atoms with Crippen LogP contribution in [0.2, 0.25) is 0 Å². The number of rotatable bonds is 6. The van der Waals surface area contributed by atoms with Crippen molar-refractivity contribution in [2.45, 2.75) is 33.0 Å². The number of anilines is 1. The summed E-state index contributed by atoms with van der Waals surface area (Å²) in [7, 11) is 3.62. The minimum absolute atomic E-state index is 0. The van der Waals surface area contributed by atoms with Crippen LogP contribution < -0.4 is 16.0 Å². The fourth-order valence-corrected chi connectivity index (χ4v) is 2.69. The first kappa shape index (κ1) is 24.7. The molecule has 0 saturated carbocycles. The van der Waals surface area contributed by atoms with Gasteiger partial charge in [0.1, 0.15) is 5.82 Å². The molecule has 0 aliphatic rings. The summed E-state index contributed by atoms with van der Waals surface area (Å²) in [6.07, 6.45) is 0. The highest BCUT2D eigenvalue weighted by Gasteiger charge is 2.08. The van der Waals surface area contributed by atoms with E-state index in [4.69, 9.17) is 0 Å². The molecule has 0 saturated heterocycles. The molecule has 6 nitrogen and oxygen atoms in total. The van der Waals surface area contributed by atoms with Crippen molar-refractivity contribution in [1.82, 2.24) is 15.5 Å². The topological polar surface area (TPSA) is 68.8 Å². The molecule has 0 aliphatic heterocycles. The molecule has 2 amide bonds. The van der Waals surface area contributed by atoms with E-state index in [1.54, 1.807) is 13.1 Å². The number of guanidine groups is 1. The highest BCUT2D eigenvalue weighted by atomic mass is 127. The first-order valence-corrected chi connectivity index (χ1v) is 9.20. The van der Waals surface area contributed by atoms with Gasteiger partial charge in [0.25, 0.3) is 0 Å². The lowest BCUT2D eigenvalue weighted by Gasteiger charge is -2.22. The molecule has 0 heterocycles. The van der Waals surface area contributed by atoms with Gasteiger partial charge in [-0.1, -0.05) is 24.3 Å². The third kappa shape index (κ3) is 8.68. The number of amides is 2. The fraction of sp³-hybridized carbons (Fsp3) is 0.333. The Morgan fingerprint density at radius 1 is 1.14 bits per heavy atom. The molecule has 2 aromatic rings. The third-order valence-electron chi connectivity index (χ3n) is 3.96. The second-order valence-corrected chi connectivity index (χ2v) is 6.84. The lowest BCUT2D eigenvalue weighted by atomic mass is 10.2. The number of carbonyl (C=O) groups is 1. The minimum Gasteiger partial charge on any atom is -0.352 e. The Kier molecular flexibility index (Phi) is 10.4. The zero-order valence-electron chi connectivity index (χ0n) is 17.2. The highest BCUT2D eigenvalue weighted by Crippen LogP contribution is 2.10. The van der Waals surface area contributed by atoms with E-state index in [1.165, 1.54) is 12.1 Å². The summed E-state index contributed by atoms with van der Waals surface area (Å²) >= 11 is 0. The normalized spacial score (nSPS) is 10.9. The van der Waals surface area contributed by atoms with E-state index in [2.05, 4.69) is 20.9 Å². The van der Waals surface area contributed by atoms with Crippen molar-refractivity contribution in [3.63, 3.8) is 0 Å². The van der Waals surface area contributed by atoms with Gasteiger partial charge in [-0.25, -0.2) is 9.18 Å². The number of carbonyl (C=O) groups excluding carboxylic acids is 1. The second kappa shape index (κ2) is 12.3. The molecule has 0 aliphatic carbocycles. The monoisotopic (exact) mass is 513 g/mol. The maximum atomic E-state index is 13.3. The Morgan fingerprint density at radius 2 is 1.83 bits per heavy atom. The number of aliphatic imine (C=N–C) groups is 1. The molecule has 0 unspecified atom stereocenters. The smallest absolute Gasteiger partial charge is 0.319 e. The molecular formula is C21H29FIN5O. The number of hydrogen-bond donors (Lipinski definition) is 3. The Morgan fingerprint density at radius 3 is 2.41 bits per heavy atom. The van der Waals surface area contributed by atoms with Crippen molar-refractivity contribution < 1.29 is 9.18 Å². The van der Waals surface area contributed by atoms with Gasteiger partial charge in [-0.3, -0.25) is 4.99 Å². The van der Waals surface area contributed by atoms with Gasteiger partial charge in [0.05, 0.1) is 0 Å². The average molecular weight is 513 g/mol. The number of urea groups is 1. The molecule has 8 heteroatoms. The zero-order valence-corrected chi connectivity index (χ0v) is 19.5. The summed E-state index contributed by atoms with van der Waals surface area (Å²) in [5.74, 6) is 0.465. The number of benzene rings is 2. The number of nitrogens with one attached hydrogen (secondary N) is 3. The third-order valence-corrected chi connectivity index (χ3v) is 3.96. The zero-order chi connectivity index (χ0) is 20.5. The Hall–Kier alpha value is -2.36. The van der Waals surface area contributed by atoms with Crippen LogP contribution in [0.25, 0.3) is 0 Å². The molecule has 3 N–H and O–H groups in total. The predicted octanol–water partition coefficient (Wildman–Crippen LogP) is 4.18. The maximum Gasteiger partial charge on any atom is 0.319 e. The van der Waals surface area contributed by atoms with E-state index in [9.17, 15) is 9.18 Å². The van der Waals surface area contributed by atoms with Gasteiger partial charge in [0.15, 0.2) is 5.96 Å². The molecule has 2 aromatic carbocycles. The van der Waals surface area contributed by atoms with Crippen LogP contribution in [0, 0.1) is 5.82 Å². The molecule has 158 valence electrons. The number of nitrogens with zero attached hydrogens (tertiary/aromatic N) is 2. The van der Waals surface area contributed by atoms with Crippen molar-refractivity contribution in [2.75, 3.05) is 19.4 Å². The standard InChI is InChI=1S/C21H28FN5O.HI/c1-15(2)25-21(28)26-19-10-8-16(9-11-19)13-24-20(23-3)27(4)14-17-6-5-7-18(22)12-17;/h5-12,15H,13-14H2,1-4H3,(H,23,24)(H2,25,26,28);1H. The molecular weight excluding hydrogens is 484 g/mol. The van der Waals surface area contributed by atoms with E-state index in [0.29, 0.717) is 19.0 Å². The summed E-state index contributed by atoms with van der Waals surface area (Å²) in [5.41, 5.74) is 2.66. The van der Waals surface area contributed by atoms with Gasteiger partial charge in [-0.2, -0.15) is 0 Å². The molecule has 2 rings (SSSR count). The van der Waals surface area contributed by atoms with Gasteiger partial charge >= 0.3 is 6.03 Å². The van der Waals surface area contributed by atoms with E-state index >= 15 is 0 Å². The first-order chi connectivity index (χ1) is 13.4. The van der Waals surface area contributed by atoms with Gasteiger partial charge in [-0.05, 0) is 49.2 Å². The fourth-order valence-electron chi connectivity index (χ4n) is 2.69. The van der Waals surface area contributed by atoms with Crippen molar-refractivity contribution in [2.24, 2.45) is 4.99 Å². The van der Waals surface area contributed by atoms with Crippen LogP contribution in [0.3, 0.4) is 0 Å². The van der Waals surface area contributed by atoms with Crippen LogP contribution in [-0.4, -0.2) is 37.0 Å². The lowest BCUT2D eigenvalue weighted by molar-refractivity contribution is 0.250. The minimum atomic E-state index is -0.246. The molecule has 0 aromatic heterocycles. The summed E-state index contributed by atoms with van der Waals surface area (Å²) in [5, 5.41) is 8.86. The van der Waals surface area contributed by atoms with Crippen molar-refractivity contribution in [3.8, 4) is 0 Å². The molecule has 0 fully saturated rings. The Bertz CT molecular complexity index is 811. The van der Waals surface area contributed by atoms with Gasteiger partial charge in [-0.15, -0.1) is 24.0 Å². The van der Waals surface area contributed by atoms with Gasteiger partial charge in [0.2, 0.25) is 0 Å². The lowest BCUT2D eigenvalue weighted by Crippen LogP contribution is -2.38. The van der Waals surface area contributed by atoms with Crippen LogP contribution in [0.1, 0.15) is 25.0 Å². The maximum absolute atomic E-state index is 13.3. The summed E-state index contributed by atoms with van der Waals surface area (Å²) in [6, 6.07) is 14.0. The van der Waals surface area contributed by atoms with Crippen molar-refractivity contribution in [3.05, 3.63) is 65.5 Å². The Balaban J connectivity index is 0.00000420. The average Bonchev–Trinajstić information content (AvgIpc) is 2.63. The van der Waals surface area contributed by atoms with E-state index in [1.807, 2.05) is 56.1 Å². The quantitative estimate of drug-likeness (QED) is 0.309. The molecule has 0 atom stereocenters. The van der Waals surface area contributed by atoms with E-state index in [-0.39, 0.29) is 41.9 Å². The number of hydrogen-bond acceptors (Lipinski definition) is 2. The SMILES string of the molecule is CN=C(NCc1ccc(NC(=O)NC(C)C)cc1)N(C)Cc1cccc(F)c1.I. The van der Waals surface area contributed by atoms with E-state index < -0.39 is 0 Å². The molecule has 29 heavy (non-hydrogen) atoms. The summed E-state index contributed by atoms with van der Waals surface area (Å²) in [4.78, 5) is 17.9. The van der Waals surface area contributed by atoms with Gasteiger partial charge in [0, 0.05) is 38.9 Å². The van der Waals surface area contributed by atoms with Gasteiger partial charge < -0.3 is 20.9 Å². The van der Waals surface area contributed by atoms with Crippen molar-refractivity contribution >= 4 is 41.7 Å². The summed E-state index contributed by atoms with van der Waals surface area (Å²) in [6.45, 7) is 4.95. The summed E-state index contributed by atoms with van der Waals surface area (Å²) < 4.78 is 13.3. The molecule has 0 radical (unpaired) electrons.